The van der Waals surface area contributed by atoms with E-state index in [9.17, 15) is 5.11 Å². The van der Waals surface area contributed by atoms with Crippen molar-refractivity contribution in [2.24, 2.45) is 5.92 Å². The van der Waals surface area contributed by atoms with Crippen LogP contribution in [0.25, 0.3) is 0 Å². The van der Waals surface area contributed by atoms with Crippen molar-refractivity contribution < 1.29 is 5.11 Å². The summed E-state index contributed by atoms with van der Waals surface area (Å²) in [4.78, 5) is 0. The summed E-state index contributed by atoms with van der Waals surface area (Å²) in [7, 11) is 0. The Morgan fingerprint density at radius 1 is 0.895 bits per heavy atom. The maximum absolute atomic E-state index is 10.7. The van der Waals surface area contributed by atoms with Gasteiger partial charge in [-0.15, -0.1) is 0 Å². The average Bonchev–Trinajstić information content (AvgIpc) is 2.57. The van der Waals surface area contributed by atoms with Gasteiger partial charge in [-0.05, 0) is 31.6 Å². The molecule has 1 aliphatic rings. The van der Waals surface area contributed by atoms with Gasteiger partial charge in [-0.3, -0.25) is 0 Å². The maximum Gasteiger partial charge on any atom is 0.0648 e. The predicted octanol–water partition coefficient (Wildman–Crippen LogP) is 5.85. The number of unbranched alkanes of at least 4 members (excludes halogenated alkanes) is 5. The summed E-state index contributed by atoms with van der Waals surface area (Å²) in [5.41, 5.74) is -0.312. The number of aliphatic hydroxyl groups is 1. The van der Waals surface area contributed by atoms with Gasteiger partial charge in [0.2, 0.25) is 0 Å². The zero-order valence-electron chi connectivity index (χ0n) is 13.4. The molecule has 0 aromatic heterocycles. The smallest absolute Gasteiger partial charge is 0.0648 e. The zero-order chi connectivity index (χ0) is 14.0. The molecule has 0 aliphatic heterocycles. The van der Waals surface area contributed by atoms with Crippen molar-refractivity contribution in [1.82, 2.24) is 0 Å². The Morgan fingerprint density at radius 3 is 2.37 bits per heavy atom. The van der Waals surface area contributed by atoms with E-state index in [0.717, 1.165) is 25.2 Å². The van der Waals surface area contributed by atoms with Gasteiger partial charge in [-0.2, -0.15) is 0 Å². The SMILES string of the molecule is CCCCCCCCC1(O)CCCC(CCC)CC1. The van der Waals surface area contributed by atoms with Crippen molar-refractivity contribution in [1.29, 1.82) is 0 Å². The monoisotopic (exact) mass is 268 g/mol. The molecule has 1 rings (SSSR count). The quantitative estimate of drug-likeness (QED) is 0.411. The van der Waals surface area contributed by atoms with Crippen LogP contribution in [0.15, 0.2) is 0 Å². The highest BCUT2D eigenvalue weighted by Gasteiger charge is 2.29. The van der Waals surface area contributed by atoms with Gasteiger partial charge in [0.05, 0.1) is 5.60 Å². The lowest BCUT2D eigenvalue weighted by molar-refractivity contribution is 0.0129. The number of hydrogen-bond donors (Lipinski definition) is 1. The third-order valence-electron chi connectivity index (χ3n) is 4.97. The first-order valence-electron chi connectivity index (χ1n) is 8.92. The molecule has 1 heteroatoms. The van der Waals surface area contributed by atoms with Gasteiger partial charge in [0.25, 0.3) is 0 Å². The van der Waals surface area contributed by atoms with Crippen molar-refractivity contribution in [3.05, 3.63) is 0 Å². The Labute approximate surface area is 121 Å². The molecule has 0 spiro atoms. The third kappa shape index (κ3) is 7.34. The van der Waals surface area contributed by atoms with Crippen molar-refractivity contribution in [2.45, 2.75) is 109 Å². The lowest BCUT2D eigenvalue weighted by Crippen LogP contribution is -2.27. The summed E-state index contributed by atoms with van der Waals surface area (Å²) < 4.78 is 0. The van der Waals surface area contributed by atoms with Crippen LogP contribution < -0.4 is 0 Å². The van der Waals surface area contributed by atoms with E-state index < -0.39 is 0 Å². The minimum Gasteiger partial charge on any atom is -0.390 e. The molecule has 0 heterocycles. The molecule has 1 aliphatic carbocycles. The second-order valence-electron chi connectivity index (χ2n) is 6.83. The van der Waals surface area contributed by atoms with Crippen LogP contribution in [0.4, 0.5) is 0 Å². The number of rotatable bonds is 9. The molecule has 1 fully saturated rings. The normalized spacial score (nSPS) is 28.3. The summed E-state index contributed by atoms with van der Waals surface area (Å²) >= 11 is 0. The summed E-state index contributed by atoms with van der Waals surface area (Å²) in [5, 5.41) is 10.7. The standard InChI is InChI=1S/C18H36O/c1-3-5-6-7-8-9-14-18(19)15-10-12-17(11-4-2)13-16-18/h17,19H,3-16H2,1-2H3. The first-order valence-corrected chi connectivity index (χ1v) is 8.92. The van der Waals surface area contributed by atoms with E-state index in [1.807, 2.05) is 0 Å². The van der Waals surface area contributed by atoms with E-state index >= 15 is 0 Å². The van der Waals surface area contributed by atoms with E-state index in [2.05, 4.69) is 13.8 Å². The van der Waals surface area contributed by atoms with E-state index in [4.69, 9.17) is 0 Å². The van der Waals surface area contributed by atoms with E-state index in [-0.39, 0.29) is 5.60 Å². The lowest BCUT2D eigenvalue weighted by Gasteiger charge is -2.26. The van der Waals surface area contributed by atoms with Gasteiger partial charge in [0, 0.05) is 0 Å². The summed E-state index contributed by atoms with van der Waals surface area (Å²) in [6.07, 6.45) is 17.7. The molecule has 0 aromatic carbocycles. The van der Waals surface area contributed by atoms with Gasteiger partial charge in [-0.1, -0.05) is 78.1 Å². The highest BCUT2D eigenvalue weighted by Crippen LogP contribution is 2.35. The van der Waals surface area contributed by atoms with Crippen molar-refractivity contribution in [3.63, 3.8) is 0 Å². The molecule has 1 saturated carbocycles. The Morgan fingerprint density at radius 2 is 1.63 bits per heavy atom. The van der Waals surface area contributed by atoms with Crippen LogP contribution >= 0.6 is 0 Å². The van der Waals surface area contributed by atoms with Gasteiger partial charge in [0.15, 0.2) is 0 Å². The third-order valence-corrected chi connectivity index (χ3v) is 4.97. The minimum atomic E-state index is -0.312. The Hall–Kier alpha value is -0.0400. The molecule has 0 radical (unpaired) electrons. The van der Waals surface area contributed by atoms with Crippen LogP contribution in [-0.4, -0.2) is 10.7 Å². The molecular weight excluding hydrogens is 232 g/mol. The molecule has 0 aromatic rings. The second-order valence-corrected chi connectivity index (χ2v) is 6.83. The zero-order valence-corrected chi connectivity index (χ0v) is 13.4. The van der Waals surface area contributed by atoms with Crippen LogP contribution in [0.5, 0.6) is 0 Å². The molecule has 2 atom stereocenters. The predicted molar refractivity (Wildman–Crippen MR) is 84.4 cm³/mol. The highest BCUT2D eigenvalue weighted by atomic mass is 16.3. The van der Waals surface area contributed by atoms with Crippen molar-refractivity contribution >= 4 is 0 Å². The first-order chi connectivity index (χ1) is 9.20. The molecule has 19 heavy (non-hydrogen) atoms. The fourth-order valence-corrected chi connectivity index (χ4v) is 3.64. The largest absolute Gasteiger partial charge is 0.390 e. The average molecular weight is 268 g/mol. The van der Waals surface area contributed by atoms with Gasteiger partial charge < -0.3 is 5.11 Å². The molecule has 2 unspecified atom stereocenters. The maximum atomic E-state index is 10.7. The van der Waals surface area contributed by atoms with E-state index in [1.54, 1.807) is 0 Å². The Balaban J connectivity index is 2.16. The van der Waals surface area contributed by atoms with Crippen molar-refractivity contribution in [3.8, 4) is 0 Å². The summed E-state index contributed by atoms with van der Waals surface area (Å²) in [6, 6.07) is 0. The molecule has 0 amide bonds. The van der Waals surface area contributed by atoms with Gasteiger partial charge >= 0.3 is 0 Å². The fraction of sp³-hybridized carbons (Fsp3) is 1.00. The van der Waals surface area contributed by atoms with Gasteiger partial charge in [-0.25, -0.2) is 0 Å². The van der Waals surface area contributed by atoms with Crippen LogP contribution in [0, 0.1) is 5.92 Å². The molecule has 1 nitrogen and oxygen atoms in total. The minimum absolute atomic E-state index is 0.312. The number of hydrogen-bond acceptors (Lipinski definition) is 1. The summed E-state index contributed by atoms with van der Waals surface area (Å²) in [6.45, 7) is 4.55. The Bertz CT molecular complexity index is 214. The van der Waals surface area contributed by atoms with Crippen LogP contribution in [0.2, 0.25) is 0 Å². The molecule has 114 valence electrons. The van der Waals surface area contributed by atoms with Crippen LogP contribution in [0.3, 0.4) is 0 Å². The molecule has 1 N–H and O–H groups in total. The second kappa shape index (κ2) is 9.80. The first kappa shape index (κ1) is 17.0. The topological polar surface area (TPSA) is 20.2 Å². The molecule has 0 saturated heterocycles. The fourth-order valence-electron chi connectivity index (χ4n) is 3.64. The molecule has 0 bridgehead atoms. The van der Waals surface area contributed by atoms with Crippen molar-refractivity contribution in [2.75, 3.05) is 0 Å². The van der Waals surface area contributed by atoms with Gasteiger partial charge in [0.1, 0.15) is 0 Å². The lowest BCUT2D eigenvalue weighted by atomic mass is 9.87. The van der Waals surface area contributed by atoms with E-state index in [0.29, 0.717) is 0 Å². The van der Waals surface area contributed by atoms with E-state index in [1.165, 1.54) is 70.6 Å². The summed E-state index contributed by atoms with van der Waals surface area (Å²) in [5.74, 6) is 0.892. The van der Waals surface area contributed by atoms with Crippen LogP contribution in [-0.2, 0) is 0 Å². The molecular formula is C18H36O. The highest BCUT2D eigenvalue weighted by molar-refractivity contribution is 4.83. The Kier molecular flexibility index (Phi) is 8.77. The van der Waals surface area contributed by atoms with Crippen LogP contribution in [0.1, 0.15) is 104 Å².